The van der Waals surface area contributed by atoms with Gasteiger partial charge in [-0.05, 0) is 67.6 Å². The Labute approximate surface area is 127 Å². The van der Waals surface area contributed by atoms with Crippen LogP contribution in [0.1, 0.15) is 31.2 Å². The van der Waals surface area contributed by atoms with Gasteiger partial charge in [0.05, 0.1) is 5.56 Å². The first-order chi connectivity index (χ1) is 9.91. The molecule has 2 nitrogen and oxygen atoms in total. The van der Waals surface area contributed by atoms with Crippen LogP contribution in [-0.4, -0.2) is 11.2 Å². The summed E-state index contributed by atoms with van der Waals surface area (Å²) in [4.78, 5) is 0. The first-order valence-corrected chi connectivity index (χ1v) is 7.57. The molecular formula is C15H17F3N2S. The largest absolute Gasteiger partial charge is 0.416 e. The van der Waals surface area contributed by atoms with Crippen LogP contribution in [-0.2, 0) is 6.18 Å². The van der Waals surface area contributed by atoms with Gasteiger partial charge in [-0.25, -0.2) is 0 Å². The summed E-state index contributed by atoms with van der Waals surface area (Å²) < 4.78 is 37.4. The van der Waals surface area contributed by atoms with E-state index in [1.807, 2.05) is 0 Å². The Morgan fingerprint density at radius 1 is 1.10 bits per heavy atom. The van der Waals surface area contributed by atoms with Crippen LogP contribution in [0, 0.1) is 11.8 Å². The van der Waals surface area contributed by atoms with Gasteiger partial charge in [-0.1, -0.05) is 6.42 Å². The Balaban J connectivity index is 1.55. The van der Waals surface area contributed by atoms with Crippen LogP contribution in [0.15, 0.2) is 24.3 Å². The highest BCUT2D eigenvalue weighted by molar-refractivity contribution is 7.80. The Morgan fingerprint density at radius 2 is 1.81 bits per heavy atom. The van der Waals surface area contributed by atoms with Crippen molar-refractivity contribution >= 4 is 23.0 Å². The molecule has 21 heavy (non-hydrogen) atoms. The molecule has 2 saturated carbocycles. The Morgan fingerprint density at radius 3 is 2.33 bits per heavy atom. The van der Waals surface area contributed by atoms with Crippen molar-refractivity contribution in [2.45, 2.75) is 37.9 Å². The van der Waals surface area contributed by atoms with E-state index >= 15 is 0 Å². The minimum absolute atomic E-state index is 0.415. The number of rotatable bonds is 2. The lowest BCUT2D eigenvalue weighted by Gasteiger charge is -2.24. The third-order valence-electron chi connectivity index (χ3n) is 4.52. The molecule has 2 fully saturated rings. The Hall–Kier alpha value is -1.30. The molecule has 3 atom stereocenters. The van der Waals surface area contributed by atoms with Gasteiger partial charge < -0.3 is 10.6 Å². The fourth-order valence-electron chi connectivity index (χ4n) is 3.50. The van der Waals surface area contributed by atoms with E-state index in [4.69, 9.17) is 12.2 Å². The Bertz CT molecular complexity index is 527. The van der Waals surface area contributed by atoms with Gasteiger partial charge in [0.25, 0.3) is 0 Å². The average molecular weight is 314 g/mol. The highest BCUT2D eigenvalue weighted by atomic mass is 32.1. The minimum Gasteiger partial charge on any atom is -0.359 e. The highest BCUT2D eigenvalue weighted by Crippen LogP contribution is 2.44. The van der Waals surface area contributed by atoms with Gasteiger partial charge >= 0.3 is 6.18 Å². The fraction of sp³-hybridized carbons (Fsp3) is 0.533. The number of anilines is 1. The standard InChI is InChI=1S/C15H17F3N2S/c16-15(17,18)11-3-5-12(6-4-11)19-14(21)20-13-8-9-1-2-10(13)7-9/h3-6,9-10,13H,1-2,7-8H2,(H2,19,20,21)/t9-,10+,13-/m0/s1. The molecule has 0 saturated heterocycles. The summed E-state index contributed by atoms with van der Waals surface area (Å²) in [7, 11) is 0. The van der Waals surface area contributed by atoms with Crippen LogP contribution in [0.25, 0.3) is 0 Å². The predicted octanol–water partition coefficient (Wildman–Crippen LogP) is 4.18. The number of alkyl halides is 3. The molecule has 0 spiro atoms. The maximum Gasteiger partial charge on any atom is 0.416 e. The number of hydrogen-bond acceptors (Lipinski definition) is 1. The van der Waals surface area contributed by atoms with E-state index in [0.29, 0.717) is 22.8 Å². The number of thiocarbonyl (C=S) groups is 1. The maximum absolute atomic E-state index is 12.5. The molecule has 2 N–H and O–H groups in total. The topological polar surface area (TPSA) is 24.1 Å². The molecule has 1 aromatic rings. The average Bonchev–Trinajstić information content (AvgIpc) is 3.00. The molecule has 0 aromatic heterocycles. The molecule has 6 heteroatoms. The number of fused-ring (bicyclic) bond motifs is 2. The zero-order valence-corrected chi connectivity index (χ0v) is 12.2. The van der Waals surface area contributed by atoms with E-state index in [0.717, 1.165) is 24.5 Å². The van der Waals surface area contributed by atoms with Gasteiger partial charge in [0, 0.05) is 11.7 Å². The molecule has 2 aliphatic carbocycles. The second-order valence-corrected chi connectivity index (χ2v) is 6.36. The lowest BCUT2D eigenvalue weighted by molar-refractivity contribution is -0.137. The number of halogens is 3. The molecule has 0 radical (unpaired) electrons. The molecule has 0 unspecified atom stereocenters. The molecular weight excluding hydrogens is 297 g/mol. The lowest BCUT2D eigenvalue weighted by atomic mass is 9.96. The predicted molar refractivity (Wildman–Crippen MR) is 80.0 cm³/mol. The lowest BCUT2D eigenvalue weighted by Crippen LogP contribution is -2.40. The minimum atomic E-state index is -4.31. The molecule has 0 heterocycles. The third kappa shape index (κ3) is 3.31. The molecule has 3 rings (SSSR count). The summed E-state index contributed by atoms with van der Waals surface area (Å²) in [5.74, 6) is 1.52. The third-order valence-corrected chi connectivity index (χ3v) is 4.74. The molecule has 1 aromatic carbocycles. The van der Waals surface area contributed by atoms with Crippen LogP contribution in [0.5, 0.6) is 0 Å². The first kappa shape index (κ1) is 14.6. The van der Waals surface area contributed by atoms with E-state index in [9.17, 15) is 13.2 Å². The van der Waals surface area contributed by atoms with Crippen LogP contribution in [0.4, 0.5) is 18.9 Å². The second kappa shape index (κ2) is 5.48. The highest BCUT2D eigenvalue weighted by Gasteiger charge is 2.39. The van der Waals surface area contributed by atoms with Crippen molar-refractivity contribution in [3.05, 3.63) is 29.8 Å². The van der Waals surface area contributed by atoms with Crippen molar-refractivity contribution in [2.24, 2.45) is 11.8 Å². The van der Waals surface area contributed by atoms with Crippen LogP contribution in [0.2, 0.25) is 0 Å². The Kier molecular flexibility index (Phi) is 3.82. The quantitative estimate of drug-likeness (QED) is 0.801. The van der Waals surface area contributed by atoms with Crippen LogP contribution < -0.4 is 10.6 Å². The van der Waals surface area contributed by atoms with E-state index in [2.05, 4.69) is 10.6 Å². The van der Waals surface area contributed by atoms with Crippen molar-refractivity contribution < 1.29 is 13.2 Å². The van der Waals surface area contributed by atoms with Gasteiger partial charge in [0.1, 0.15) is 0 Å². The fourth-order valence-corrected chi connectivity index (χ4v) is 3.77. The summed E-state index contributed by atoms with van der Waals surface area (Å²) in [6.07, 6.45) is 0.702. The van der Waals surface area contributed by atoms with E-state index in [-0.39, 0.29) is 0 Å². The van der Waals surface area contributed by atoms with Gasteiger partial charge in [-0.15, -0.1) is 0 Å². The zero-order valence-electron chi connectivity index (χ0n) is 11.4. The molecule has 2 aliphatic rings. The maximum atomic E-state index is 12.5. The van der Waals surface area contributed by atoms with Gasteiger partial charge in [-0.2, -0.15) is 13.2 Å². The van der Waals surface area contributed by atoms with E-state index in [1.54, 1.807) is 0 Å². The van der Waals surface area contributed by atoms with Gasteiger partial charge in [0.15, 0.2) is 5.11 Å². The molecule has 0 amide bonds. The van der Waals surface area contributed by atoms with Crippen molar-refractivity contribution in [3.63, 3.8) is 0 Å². The SMILES string of the molecule is FC(F)(F)c1ccc(NC(=S)N[C@H]2C[C@H]3CC[C@@H]2C3)cc1. The first-order valence-electron chi connectivity index (χ1n) is 7.16. The number of benzene rings is 1. The van der Waals surface area contributed by atoms with Crippen LogP contribution >= 0.6 is 12.2 Å². The van der Waals surface area contributed by atoms with Crippen molar-refractivity contribution in [1.82, 2.24) is 5.32 Å². The van der Waals surface area contributed by atoms with Gasteiger partial charge in [-0.3, -0.25) is 0 Å². The number of hydrogen-bond donors (Lipinski definition) is 2. The normalized spacial score (nSPS) is 27.7. The zero-order chi connectivity index (χ0) is 15.0. The molecule has 2 bridgehead atoms. The van der Waals surface area contributed by atoms with E-state index < -0.39 is 11.7 Å². The van der Waals surface area contributed by atoms with Crippen molar-refractivity contribution in [1.29, 1.82) is 0 Å². The summed E-state index contributed by atoms with van der Waals surface area (Å²) in [5.41, 5.74) is -0.0799. The smallest absolute Gasteiger partial charge is 0.359 e. The number of nitrogens with one attached hydrogen (secondary N) is 2. The summed E-state index contributed by atoms with van der Waals surface area (Å²) in [5, 5.41) is 6.75. The summed E-state index contributed by atoms with van der Waals surface area (Å²) in [6, 6.07) is 5.33. The summed E-state index contributed by atoms with van der Waals surface area (Å²) in [6.45, 7) is 0. The van der Waals surface area contributed by atoms with Gasteiger partial charge in [0.2, 0.25) is 0 Å². The molecule has 0 aliphatic heterocycles. The van der Waals surface area contributed by atoms with E-state index in [1.165, 1.54) is 31.4 Å². The van der Waals surface area contributed by atoms with Crippen molar-refractivity contribution in [2.75, 3.05) is 5.32 Å². The monoisotopic (exact) mass is 314 g/mol. The summed E-state index contributed by atoms with van der Waals surface area (Å²) >= 11 is 5.25. The van der Waals surface area contributed by atoms with Crippen molar-refractivity contribution in [3.8, 4) is 0 Å². The molecule has 114 valence electrons. The second-order valence-electron chi connectivity index (χ2n) is 5.95. The van der Waals surface area contributed by atoms with Crippen LogP contribution in [0.3, 0.4) is 0 Å².